The summed E-state index contributed by atoms with van der Waals surface area (Å²) in [5, 5.41) is 10.6. The second kappa shape index (κ2) is 7.44. The zero-order chi connectivity index (χ0) is 19.7. The van der Waals surface area contributed by atoms with Crippen LogP contribution in [0.15, 0.2) is 87.4 Å². The third-order valence-electron chi connectivity index (χ3n) is 4.53. The Morgan fingerprint density at radius 2 is 2.07 bits per heavy atom. The molecule has 0 bridgehead atoms. The van der Waals surface area contributed by atoms with Crippen molar-refractivity contribution >= 4 is 27.6 Å². The lowest BCUT2D eigenvalue weighted by Gasteiger charge is -2.26. The van der Waals surface area contributed by atoms with E-state index in [1.54, 1.807) is 24.5 Å². The second-order valence-electron chi connectivity index (χ2n) is 6.32. The average Bonchev–Trinajstić information content (AvgIpc) is 3.32. The standard InChI is InChI=1S/C21H15BrN2O4/c22-15-6-1-5-14(10-15)18-17(19(25)16-7-3-9-28-16)20(26)21(27)24(18)12-13-4-2-8-23-11-13/h1-11,18,26H,12H2. The highest BCUT2D eigenvalue weighted by Crippen LogP contribution is 2.40. The number of hydrogen-bond donors (Lipinski definition) is 1. The van der Waals surface area contributed by atoms with Gasteiger partial charge in [-0.3, -0.25) is 14.6 Å². The number of aliphatic hydroxyl groups excluding tert-OH is 1. The number of furan rings is 1. The Bertz CT molecular complexity index is 1060. The first-order valence-corrected chi connectivity index (χ1v) is 9.32. The molecule has 2 aromatic heterocycles. The molecule has 1 aliphatic heterocycles. The van der Waals surface area contributed by atoms with Crippen LogP contribution < -0.4 is 0 Å². The number of amides is 1. The van der Waals surface area contributed by atoms with E-state index in [1.807, 2.05) is 30.3 Å². The van der Waals surface area contributed by atoms with E-state index in [4.69, 9.17) is 4.42 Å². The maximum Gasteiger partial charge on any atom is 0.290 e. The van der Waals surface area contributed by atoms with E-state index in [9.17, 15) is 14.7 Å². The number of benzene rings is 1. The topological polar surface area (TPSA) is 83.6 Å². The molecule has 6 nitrogen and oxygen atoms in total. The molecule has 3 heterocycles. The van der Waals surface area contributed by atoms with Crippen molar-refractivity contribution in [1.82, 2.24) is 9.88 Å². The van der Waals surface area contributed by atoms with Crippen molar-refractivity contribution in [3.8, 4) is 0 Å². The minimum atomic E-state index is -0.747. The van der Waals surface area contributed by atoms with Gasteiger partial charge in [0.25, 0.3) is 5.91 Å². The molecule has 1 aromatic carbocycles. The summed E-state index contributed by atoms with van der Waals surface area (Å²) >= 11 is 3.43. The highest BCUT2D eigenvalue weighted by atomic mass is 79.9. The van der Waals surface area contributed by atoms with Crippen LogP contribution in [0.5, 0.6) is 0 Å². The van der Waals surface area contributed by atoms with E-state index in [2.05, 4.69) is 20.9 Å². The monoisotopic (exact) mass is 438 g/mol. The van der Waals surface area contributed by atoms with Crippen LogP contribution in [-0.2, 0) is 11.3 Å². The number of carbonyl (C=O) groups is 2. The van der Waals surface area contributed by atoms with Crippen molar-refractivity contribution in [2.24, 2.45) is 0 Å². The third-order valence-corrected chi connectivity index (χ3v) is 5.03. The van der Waals surface area contributed by atoms with Gasteiger partial charge in [-0.25, -0.2) is 0 Å². The van der Waals surface area contributed by atoms with E-state index in [0.29, 0.717) is 5.56 Å². The molecule has 7 heteroatoms. The molecule has 1 N–H and O–H groups in total. The number of pyridine rings is 1. The van der Waals surface area contributed by atoms with Crippen LogP contribution in [0.3, 0.4) is 0 Å². The summed E-state index contributed by atoms with van der Waals surface area (Å²) < 4.78 is 6.01. The normalized spacial score (nSPS) is 16.7. The lowest BCUT2D eigenvalue weighted by atomic mass is 9.95. The molecular weight excluding hydrogens is 424 g/mol. The summed E-state index contributed by atoms with van der Waals surface area (Å²) in [6, 6.07) is 13.3. The number of nitrogens with zero attached hydrogens (tertiary/aromatic N) is 2. The third kappa shape index (κ3) is 3.25. The van der Waals surface area contributed by atoms with Crippen molar-refractivity contribution in [1.29, 1.82) is 0 Å². The number of ketones is 1. The Labute approximate surface area is 169 Å². The fraction of sp³-hybridized carbons (Fsp3) is 0.0952. The molecular formula is C21H15BrN2O4. The Morgan fingerprint density at radius 1 is 1.21 bits per heavy atom. The quantitative estimate of drug-likeness (QED) is 0.602. The van der Waals surface area contributed by atoms with Crippen molar-refractivity contribution in [3.63, 3.8) is 0 Å². The fourth-order valence-corrected chi connectivity index (χ4v) is 3.72. The number of aliphatic hydroxyl groups is 1. The fourth-order valence-electron chi connectivity index (χ4n) is 3.30. The molecule has 1 aliphatic rings. The number of carbonyl (C=O) groups excluding carboxylic acids is 2. The van der Waals surface area contributed by atoms with Gasteiger partial charge in [0.1, 0.15) is 0 Å². The number of hydrogen-bond acceptors (Lipinski definition) is 5. The lowest BCUT2D eigenvalue weighted by Crippen LogP contribution is -2.30. The van der Waals surface area contributed by atoms with E-state index in [1.165, 1.54) is 17.2 Å². The highest BCUT2D eigenvalue weighted by Gasteiger charge is 2.44. The Hall–Kier alpha value is -3.19. The van der Waals surface area contributed by atoms with Crippen molar-refractivity contribution < 1.29 is 19.1 Å². The van der Waals surface area contributed by atoms with Crippen LogP contribution in [0, 0.1) is 0 Å². The number of Topliss-reactive ketones (excluding diaryl/α,β-unsaturated/α-hetero) is 1. The average molecular weight is 439 g/mol. The van der Waals surface area contributed by atoms with Gasteiger partial charge in [-0.1, -0.05) is 34.1 Å². The van der Waals surface area contributed by atoms with Crippen LogP contribution in [-0.4, -0.2) is 26.7 Å². The minimum Gasteiger partial charge on any atom is -0.503 e. The molecule has 1 amide bonds. The van der Waals surface area contributed by atoms with Gasteiger partial charge < -0.3 is 14.4 Å². The molecule has 3 aromatic rings. The summed E-state index contributed by atoms with van der Waals surface area (Å²) in [7, 11) is 0. The first-order valence-electron chi connectivity index (χ1n) is 8.53. The van der Waals surface area contributed by atoms with Gasteiger partial charge in [-0.05, 0) is 41.5 Å². The predicted octanol–water partition coefficient (Wildman–Crippen LogP) is 4.22. The summed E-state index contributed by atoms with van der Waals surface area (Å²) in [4.78, 5) is 31.4. The minimum absolute atomic E-state index is 0.00180. The van der Waals surface area contributed by atoms with Crippen LogP contribution in [0.25, 0.3) is 0 Å². The van der Waals surface area contributed by atoms with Gasteiger partial charge in [-0.2, -0.15) is 0 Å². The first kappa shape index (κ1) is 18.2. The van der Waals surface area contributed by atoms with E-state index in [0.717, 1.165) is 10.0 Å². The molecule has 0 spiro atoms. The second-order valence-corrected chi connectivity index (χ2v) is 7.24. The van der Waals surface area contributed by atoms with Crippen molar-refractivity contribution in [2.45, 2.75) is 12.6 Å². The van der Waals surface area contributed by atoms with E-state index in [-0.39, 0.29) is 17.9 Å². The number of halogens is 1. The summed E-state index contributed by atoms with van der Waals surface area (Å²) in [5.74, 6) is -1.62. The summed E-state index contributed by atoms with van der Waals surface area (Å²) in [6.45, 7) is 0.197. The number of rotatable bonds is 5. The zero-order valence-electron chi connectivity index (χ0n) is 14.6. The lowest BCUT2D eigenvalue weighted by molar-refractivity contribution is -0.130. The molecule has 0 saturated carbocycles. The molecule has 140 valence electrons. The first-order chi connectivity index (χ1) is 13.6. The molecule has 1 atom stereocenters. The van der Waals surface area contributed by atoms with Gasteiger partial charge in [0.05, 0.1) is 17.9 Å². The Morgan fingerprint density at radius 3 is 2.75 bits per heavy atom. The van der Waals surface area contributed by atoms with Gasteiger partial charge in [0, 0.05) is 23.4 Å². The highest BCUT2D eigenvalue weighted by molar-refractivity contribution is 9.10. The molecule has 4 rings (SSSR count). The van der Waals surface area contributed by atoms with E-state index < -0.39 is 23.5 Å². The zero-order valence-corrected chi connectivity index (χ0v) is 16.2. The van der Waals surface area contributed by atoms with Gasteiger partial charge in [0.2, 0.25) is 5.78 Å². The SMILES string of the molecule is O=C(C1=C(O)C(=O)N(Cc2cccnc2)C1c1cccc(Br)c1)c1ccco1. The number of aromatic nitrogens is 1. The van der Waals surface area contributed by atoms with Gasteiger partial charge >= 0.3 is 0 Å². The molecule has 0 radical (unpaired) electrons. The van der Waals surface area contributed by atoms with Crippen LogP contribution in [0.1, 0.15) is 27.7 Å². The van der Waals surface area contributed by atoms with Crippen LogP contribution in [0.4, 0.5) is 0 Å². The maximum atomic E-state index is 13.0. The molecule has 28 heavy (non-hydrogen) atoms. The summed E-state index contributed by atoms with van der Waals surface area (Å²) in [6.07, 6.45) is 4.67. The molecule has 0 saturated heterocycles. The van der Waals surface area contributed by atoms with E-state index >= 15 is 0 Å². The summed E-state index contributed by atoms with van der Waals surface area (Å²) in [5.41, 5.74) is 1.49. The van der Waals surface area contributed by atoms with Crippen LogP contribution >= 0.6 is 15.9 Å². The largest absolute Gasteiger partial charge is 0.503 e. The predicted molar refractivity (Wildman–Crippen MR) is 104 cm³/mol. The van der Waals surface area contributed by atoms with Gasteiger partial charge in [0.15, 0.2) is 11.5 Å². The van der Waals surface area contributed by atoms with Crippen LogP contribution in [0.2, 0.25) is 0 Å². The Balaban J connectivity index is 1.81. The smallest absolute Gasteiger partial charge is 0.290 e. The van der Waals surface area contributed by atoms with Gasteiger partial charge in [-0.15, -0.1) is 0 Å². The van der Waals surface area contributed by atoms with Crippen molar-refractivity contribution in [2.75, 3.05) is 0 Å². The Kier molecular flexibility index (Phi) is 4.83. The molecule has 1 unspecified atom stereocenters. The molecule has 0 fully saturated rings. The maximum absolute atomic E-state index is 13.0. The van der Waals surface area contributed by atoms with Crippen molar-refractivity contribution in [3.05, 3.63) is 99.9 Å². The molecule has 0 aliphatic carbocycles.